The lowest BCUT2D eigenvalue weighted by Gasteiger charge is -2.32. The van der Waals surface area contributed by atoms with E-state index in [4.69, 9.17) is 0 Å². The number of benzene rings is 1. The van der Waals surface area contributed by atoms with E-state index in [0.29, 0.717) is 32.5 Å². The van der Waals surface area contributed by atoms with Gasteiger partial charge in [0.1, 0.15) is 0 Å². The van der Waals surface area contributed by atoms with E-state index in [1.165, 1.54) is 5.56 Å². The molecule has 2 aliphatic rings. The second-order valence-electron chi connectivity index (χ2n) is 7.12. The molecule has 0 spiro atoms. The van der Waals surface area contributed by atoms with Crippen LogP contribution in [0.5, 0.6) is 0 Å². The van der Waals surface area contributed by atoms with Gasteiger partial charge in [-0.15, -0.1) is 0 Å². The number of carboxylic acid groups (broad SMARTS) is 1. The minimum Gasteiger partial charge on any atom is -0.481 e. The molecule has 6 heteroatoms. The maximum absolute atomic E-state index is 12.7. The quantitative estimate of drug-likeness (QED) is 0.901. The monoisotopic (exact) mass is 344 g/mol. The summed E-state index contributed by atoms with van der Waals surface area (Å²) in [6.07, 6.45) is 1.54. The van der Waals surface area contributed by atoms with Gasteiger partial charge in [0.25, 0.3) is 0 Å². The highest BCUT2D eigenvalue weighted by molar-refractivity contribution is 5.89. The summed E-state index contributed by atoms with van der Waals surface area (Å²) in [5, 5.41) is 9.17. The van der Waals surface area contributed by atoms with Crippen molar-refractivity contribution in [2.24, 2.45) is 11.8 Å². The summed E-state index contributed by atoms with van der Waals surface area (Å²) in [7, 11) is 0. The van der Waals surface area contributed by atoms with Crippen molar-refractivity contribution in [1.29, 1.82) is 0 Å². The molecule has 0 aromatic heterocycles. The van der Waals surface area contributed by atoms with Gasteiger partial charge in [-0.2, -0.15) is 0 Å². The Kier molecular flexibility index (Phi) is 5.06. The molecular weight excluding hydrogens is 320 g/mol. The second kappa shape index (κ2) is 7.25. The number of amides is 2. The smallest absolute Gasteiger partial charge is 0.308 e. The second-order valence-corrected chi connectivity index (χ2v) is 7.12. The Hall–Kier alpha value is -2.37. The Labute approximate surface area is 147 Å². The van der Waals surface area contributed by atoms with Crippen LogP contribution in [0.15, 0.2) is 24.3 Å². The lowest BCUT2D eigenvalue weighted by atomic mass is 9.96. The molecule has 2 fully saturated rings. The molecule has 2 amide bonds. The molecule has 0 bridgehead atoms. The van der Waals surface area contributed by atoms with Gasteiger partial charge in [0.2, 0.25) is 11.8 Å². The van der Waals surface area contributed by atoms with Crippen molar-refractivity contribution in [2.75, 3.05) is 19.6 Å². The van der Waals surface area contributed by atoms with Gasteiger partial charge in [-0.1, -0.05) is 29.8 Å². The van der Waals surface area contributed by atoms with E-state index in [9.17, 15) is 19.5 Å². The van der Waals surface area contributed by atoms with E-state index in [-0.39, 0.29) is 30.7 Å². The van der Waals surface area contributed by atoms with Crippen molar-refractivity contribution in [3.05, 3.63) is 35.4 Å². The summed E-state index contributed by atoms with van der Waals surface area (Å²) in [5.74, 6) is -1.78. The molecule has 2 atom stereocenters. The zero-order valence-corrected chi connectivity index (χ0v) is 14.5. The summed E-state index contributed by atoms with van der Waals surface area (Å²) in [4.78, 5) is 39.5. The van der Waals surface area contributed by atoms with Crippen LogP contribution in [0.1, 0.15) is 30.4 Å². The number of carboxylic acids is 1. The van der Waals surface area contributed by atoms with Gasteiger partial charge in [-0.05, 0) is 25.3 Å². The summed E-state index contributed by atoms with van der Waals surface area (Å²) in [6.45, 7) is 3.80. The molecule has 0 aliphatic carbocycles. The summed E-state index contributed by atoms with van der Waals surface area (Å²) in [5.41, 5.74) is 2.22. The molecule has 134 valence electrons. The largest absolute Gasteiger partial charge is 0.481 e. The van der Waals surface area contributed by atoms with Gasteiger partial charge in [0.15, 0.2) is 0 Å². The van der Waals surface area contributed by atoms with E-state index in [0.717, 1.165) is 5.56 Å². The topological polar surface area (TPSA) is 77.9 Å². The van der Waals surface area contributed by atoms with Crippen LogP contribution in [-0.2, 0) is 20.9 Å². The van der Waals surface area contributed by atoms with Crippen LogP contribution in [0.4, 0.5) is 0 Å². The molecule has 0 unspecified atom stereocenters. The number of hydrogen-bond donors (Lipinski definition) is 1. The highest BCUT2D eigenvalue weighted by Crippen LogP contribution is 2.25. The van der Waals surface area contributed by atoms with Crippen LogP contribution < -0.4 is 0 Å². The van der Waals surface area contributed by atoms with Crippen molar-refractivity contribution in [3.63, 3.8) is 0 Å². The Morgan fingerprint density at radius 2 is 1.88 bits per heavy atom. The number of aryl methyl sites for hydroxylation is 1. The van der Waals surface area contributed by atoms with Gasteiger partial charge >= 0.3 is 5.97 Å². The number of nitrogens with zero attached hydrogens (tertiary/aromatic N) is 2. The van der Waals surface area contributed by atoms with Gasteiger partial charge in [-0.25, -0.2) is 0 Å². The average Bonchev–Trinajstić information content (AvgIpc) is 2.97. The number of carbonyl (C=O) groups is 3. The van der Waals surface area contributed by atoms with Crippen LogP contribution >= 0.6 is 0 Å². The predicted octanol–water partition coefficient (Wildman–Crippen LogP) is 1.67. The van der Waals surface area contributed by atoms with E-state index >= 15 is 0 Å². The molecule has 1 aromatic carbocycles. The fourth-order valence-corrected chi connectivity index (χ4v) is 3.64. The van der Waals surface area contributed by atoms with Crippen LogP contribution in [0.3, 0.4) is 0 Å². The first-order valence-electron chi connectivity index (χ1n) is 8.79. The third kappa shape index (κ3) is 4.00. The summed E-state index contributed by atoms with van der Waals surface area (Å²) in [6, 6.07) is 8.02. The first kappa shape index (κ1) is 17.5. The van der Waals surface area contributed by atoms with Crippen molar-refractivity contribution in [3.8, 4) is 0 Å². The first-order valence-corrected chi connectivity index (χ1v) is 8.79. The molecule has 6 nitrogen and oxygen atoms in total. The van der Waals surface area contributed by atoms with E-state index < -0.39 is 11.9 Å². The van der Waals surface area contributed by atoms with Gasteiger partial charge in [0.05, 0.1) is 11.8 Å². The standard InChI is InChI=1S/C19H24N2O4/c1-13-4-6-14(7-5-13)10-21-12-16(9-17(21)22)18(23)20-8-2-3-15(11-20)19(24)25/h4-7,15-16H,2-3,8-12H2,1H3,(H,24,25)/t15-,16-/m0/s1. The minimum atomic E-state index is -0.846. The zero-order valence-electron chi connectivity index (χ0n) is 14.5. The number of likely N-dealkylation sites (tertiary alicyclic amines) is 2. The summed E-state index contributed by atoms with van der Waals surface area (Å²) < 4.78 is 0. The maximum Gasteiger partial charge on any atom is 0.308 e. The van der Waals surface area contributed by atoms with E-state index in [2.05, 4.69) is 0 Å². The Morgan fingerprint density at radius 3 is 2.56 bits per heavy atom. The number of rotatable bonds is 4. The van der Waals surface area contributed by atoms with Crippen molar-refractivity contribution >= 4 is 17.8 Å². The number of hydrogen-bond acceptors (Lipinski definition) is 3. The SMILES string of the molecule is Cc1ccc(CN2C[C@@H](C(=O)N3CCC[C@H](C(=O)O)C3)CC2=O)cc1. The molecule has 25 heavy (non-hydrogen) atoms. The fraction of sp³-hybridized carbons (Fsp3) is 0.526. The number of piperidine rings is 1. The van der Waals surface area contributed by atoms with E-state index in [1.54, 1.807) is 9.80 Å². The molecule has 3 rings (SSSR count). The van der Waals surface area contributed by atoms with Crippen molar-refractivity contribution in [2.45, 2.75) is 32.7 Å². The lowest BCUT2D eigenvalue weighted by molar-refractivity contribution is -0.146. The fourth-order valence-electron chi connectivity index (χ4n) is 3.64. The summed E-state index contributed by atoms with van der Waals surface area (Å²) >= 11 is 0. The minimum absolute atomic E-state index is 0.00859. The molecule has 0 saturated carbocycles. The molecule has 1 N–H and O–H groups in total. The van der Waals surface area contributed by atoms with Gasteiger partial charge in [-0.3, -0.25) is 14.4 Å². The molecular formula is C19H24N2O4. The normalized spacial score (nSPS) is 23.8. The third-order valence-electron chi connectivity index (χ3n) is 5.14. The zero-order chi connectivity index (χ0) is 18.0. The Bertz CT molecular complexity index is 671. The van der Waals surface area contributed by atoms with Crippen LogP contribution in [-0.4, -0.2) is 52.3 Å². The van der Waals surface area contributed by atoms with Crippen LogP contribution in [0.25, 0.3) is 0 Å². The van der Waals surface area contributed by atoms with Crippen LogP contribution in [0.2, 0.25) is 0 Å². The molecule has 1 aromatic rings. The van der Waals surface area contributed by atoms with Crippen LogP contribution in [0, 0.1) is 18.8 Å². The molecule has 2 heterocycles. The Balaban J connectivity index is 1.60. The third-order valence-corrected chi connectivity index (χ3v) is 5.14. The average molecular weight is 344 g/mol. The first-order chi connectivity index (χ1) is 11.9. The Morgan fingerprint density at radius 1 is 1.16 bits per heavy atom. The van der Waals surface area contributed by atoms with Gasteiger partial charge < -0.3 is 14.9 Å². The maximum atomic E-state index is 12.7. The van der Waals surface area contributed by atoms with Crippen molar-refractivity contribution in [1.82, 2.24) is 9.80 Å². The molecule has 0 radical (unpaired) electrons. The van der Waals surface area contributed by atoms with Crippen molar-refractivity contribution < 1.29 is 19.5 Å². The number of carbonyl (C=O) groups excluding carboxylic acids is 2. The lowest BCUT2D eigenvalue weighted by Crippen LogP contribution is -2.45. The highest BCUT2D eigenvalue weighted by atomic mass is 16.4. The number of aliphatic carboxylic acids is 1. The van der Waals surface area contributed by atoms with E-state index in [1.807, 2.05) is 31.2 Å². The highest BCUT2D eigenvalue weighted by Gasteiger charge is 2.38. The molecule has 2 aliphatic heterocycles. The van der Waals surface area contributed by atoms with Gasteiger partial charge in [0, 0.05) is 32.6 Å². The molecule has 2 saturated heterocycles. The predicted molar refractivity (Wildman–Crippen MR) is 91.6 cm³/mol.